The van der Waals surface area contributed by atoms with Gasteiger partial charge in [0.15, 0.2) is 0 Å². The Bertz CT molecular complexity index is 739. The number of aromatic nitrogens is 2. The molecule has 2 aromatic heterocycles. The lowest BCUT2D eigenvalue weighted by atomic mass is 9.82. The second kappa shape index (κ2) is 6.89. The van der Waals surface area contributed by atoms with Crippen molar-refractivity contribution in [3.8, 4) is 0 Å². The SMILES string of the molecule is CN(Cc1ccco1)CC1CCC2(CN(C(=O)c3ccn(C)n3)C2)OC1. The van der Waals surface area contributed by atoms with Crippen molar-refractivity contribution in [1.82, 2.24) is 19.6 Å². The number of hydrogen-bond acceptors (Lipinski definition) is 5. The minimum Gasteiger partial charge on any atom is -0.468 e. The summed E-state index contributed by atoms with van der Waals surface area (Å²) in [4.78, 5) is 16.5. The maximum absolute atomic E-state index is 12.4. The molecule has 2 fully saturated rings. The molecule has 2 aliphatic heterocycles. The van der Waals surface area contributed by atoms with Gasteiger partial charge in [-0.1, -0.05) is 0 Å². The fraction of sp³-hybridized carbons (Fsp3) is 0.579. The highest BCUT2D eigenvalue weighted by Gasteiger charge is 2.48. The molecule has 4 heterocycles. The van der Waals surface area contributed by atoms with E-state index in [-0.39, 0.29) is 11.5 Å². The number of likely N-dealkylation sites (tertiary alicyclic amines) is 1. The Labute approximate surface area is 153 Å². The molecule has 0 bridgehead atoms. The normalized spacial score (nSPS) is 22.0. The van der Waals surface area contributed by atoms with Gasteiger partial charge in [-0.05, 0) is 44.0 Å². The summed E-state index contributed by atoms with van der Waals surface area (Å²) in [6.45, 7) is 3.93. The molecule has 2 saturated heterocycles. The molecular formula is C19H26N4O3. The number of rotatable bonds is 5. The van der Waals surface area contributed by atoms with Gasteiger partial charge in [0.05, 0.1) is 32.5 Å². The molecule has 2 aromatic rings. The van der Waals surface area contributed by atoms with E-state index in [1.165, 1.54) is 0 Å². The van der Waals surface area contributed by atoms with Gasteiger partial charge >= 0.3 is 0 Å². The largest absolute Gasteiger partial charge is 0.468 e. The second-order valence-corrected chi connectivity index (χ2v) is 7.71. The van der Waals surface area contributed by atoms with Gasteiger partial charge in [0.2, 0.25) is 0 Å². The van der Waals surface area contributed by atoms with Crippen LogP contribution in [0.25, 0.3) is 0 Å². The van der Waals surface area contributed by atoms with Gasteiger partial charge in [0, 0.05) is 19.8 Å². The predicted octanol–water partition coefficient (Wildman–Crippen LogP) is 1.77. The van der Waals surface area contributed by atoms with E-state index >= 15 is 0 Å². The van der Waals surface area contributed by atoms with Gasteiger partial charge in [-0.15, -0.1) is 0 Å². The Morgan fingerprint density at radius 3 is 2.88 bits per heavy atom. The molecule has 1 amide bonds. The molecule has 2 aliphatic rings. The van der Waals surface area contributed by atoms with Crippen LogP contribution in [0.4, 0.5) is 0 Å². The van der Waals surface area contributed by atoms with Crippen LogP contribution in [0.15, 0.2) is 35.1 Å². The average Bonchev–Trinajstić information content (AvgIpc) is 3.24. The summed E-state index contributed by atoms with van der Waals surface area (Å²) in [5, 5.41) is 4.19. The topological polar surface area (TPSA) is 63.7 Å². The number of hydrogen-bond donors (Lipinski definition) is 0. The summed E-state index contributed by atoms with van der Waals surface area (Å²) in [5.41, 5.74) is 0.371. The Balaban J connectivity index is 1.22. The van der Waals surface area contributed by atoms with Gasteiger partial charge in [-0.25, -0.2) is 0 Å². The highest BCUT2D eigenvalue weighted by molar-refractivity contribution is 5.93. The Kier molecular flexibility index (Phi) is 4.58. The van der Waals surface area contributed by atoms with Gasteiger partial charge in [-0.3, -0.25) is 14.4 Å². The van der Waals surface area contributed by atoms with E-state index in [1.54, 1.807) is 23.2 Å². The van der Waals surface area contributed by atoms with Crippen LogP contribution in [-0.2, 0) is 18.3 Å². The highest BCUT2D eigenvalue weighted by Crippen LogP contribution is 2.36. The third-order valence-electron chi connectivity index (χ3n) is 5.39. The zero-order valence-electron chi connectivity index (χ0n) is 15.4. The van der Waals surface area contributed by atoms with E-state index in [0.29, 0.717) is 24.7 Å². The summed E-state index contributed by atoms with van der Waals surface area (Å²) in [6, 6.07) is 5.69. The van der Waals surface area contributed by atoms with Gasteiger partial charge in [0.1, 0.15) is 17.1 Å². The van der Waals surface area contributed by atoms with Crippen LogP contribution in [-0.4, -0.2) is 64.4 Å². The molecule has 1 unspecified atom stereocenters. The maximum Gasteiger partial charge on any atom is 0.274 e. The number of carbonyl (C=O) groups excluding carboxylic acids is 1. The van der Waals surface area contributed by atoms with Gasteiger partial charge < -0.3 is 14.1 Å². The number of nitrogens with zero attached hydrogens (tertiary/aromatic N) is 4. The summed E-state index contributed by atoms with van der Waals surface area (Å²) in [6.07, 6.45) is 5.65. The maximum atomic E-state index is 12.4. The van der Waals surface area contributed by atoms with Gasteiger partial charge in [-0.2, -0.15) is 5.10 Å². The average molecular weight is 358 g/mol. The molecule has 0 aliphatic carbocycles. The first-order valence-corrected chi connectivity index (χ1v) is 9.17. The predicted molar refractivity (Wildman–Crippen MR) is 95.6 cm³/mol. The molecule has 0 radical (unpaired) electrons. The van der Waals surface area contributed by atoms with Crippen molar-refractivity contribution in [2.75, 3.05) is 33.3 Å². The van der Waals surface area contributed by atoms with E-state index in [1.807, 2.05) is 24.1 Å². The molecule has 140 valence electrons. The van der Waals surface area contributed by atoms with Crippen LogP contribution in [0.5, 0.6) is 0 Å². The van der Waals surface area contributed by atoms with Crippen molar-refractivity contribution in [2.45, 2.75) is 25.0 Å². The number of furan rings is 1. The molecule has 1 spiro atoms. The van der Waals surface area contributed by atoms with Crippen molar-refractivity contribution >= 4 is 5.91 Å². The lowest BCUT2D eigenvalue weighted by molar-refractivity contribution is -0.168. The molecule has 0 saturated carbocycles. The first-order chi connectivity index (χ1) is 12.5. The molecule has 0 aromatic carbocycles. The van der Waals surface area contributed by atoms with Crippen molar-refractivity contribution in [3.05, 3.63) is 42.1 Å². The zero-order chi connectivity index (χ0) is 18.1. The lowest BCUT2D eigenvalue weighted by Crippen LogP contribution is -2.66. The zero-order valence-corrected chi connectivity index (χ0v) is 15.4. The molecule has 1 atom stereocenters. The number of amides is 1. The molecule has 26 heavy (non-hydrogen) atoms. The quantitative estimate of drug-likeness (QED) is 0.815. The van der Waals surface area contributed by atoms with E-state index in [2.05, 4.69) is 17.0 Å². The van der Waals surface area contributed by atoms with E-state index in [9.17, 15) is 4.79 Å². The second-order valence-electron chi connectivity index (χ2n) is 7.71. The van der Waals surface area contributed by atoms with Crippen LogP contribution in [0, 0.1) is 5.92 Å². The molecule has 7 heteroatoms. The minimum atomic E-state index is -0.138. The summed E-state index contributed by atoms with van der Waals surface area (Å²) in [7, 11) is 3.94. The smallest absolute Gasteiger partial charge is 0.274 e. The summed E-state index contributed by atoms with van der Waals surface area (Å²) >= 11 is 0. The number of aryl methyl sites for hydroxylation is 1. The van der Waals surface area contributed by atoms with Crippen molar-refractivity contribution in [3.63, 3.8) is 0 Å². The standard InChI is InChI=1S/C19H26N4O3/c1-21(11-16-4-3-9-25-16)10-15-5-7-19(26-12-15)13-23(14-19)18(24)17-6-8-22(2)20-17/h3-4,6,8-9,15H,5,7,10-14H2,1-2H3. The van der Waals surface area contributed by atoms with Crippen molar-refractivity contribution in [2.24, 2.45) is 13.0 Å². The Hall–Kier alpha value is -2.12. The fourth-order valence-corrected chi connectivity index (χ4v) is 3.97. The molecule has 4 rings (SSSR count). The van der Waals surface area contributed by atoms with Crippen LogP contribution >= 0.6 is 0 Å². The van der Waals surface area contributed by atoms with E-state index < -0.39 is 0 Å². The van der Waals surface area contributed by atoms with Crippen molar-refractivity contribution < 1.29 is 13.9 Å². The fourth-order valence-electron chi connectivity index (χ4n) is 3.97. The van der Waals surface area contributed by atoms with Crippen LogP contribution in [0.2, 0.25) is 0 Å². The third-order valence-corrected chi connectivity index (χ3v) is 5.39. The number of ether oxygens (including phenoxy) is 1. The van der Waals surface area contributed by atoms with Crippen LogP contribution < -0.4 is 0 Å². The minimum absolute atomic E-state index is 0.000120. The van der Waals surface area contributed by atoms with Gasteiger partial charge in [0.25, 0.3) is 5.91 Å². The van der Waals surface area contributed by atoms with Crippen LogP contribution in [0.3, 0.4) is 0 Å². The lowest BCUT2D eigenvalue weighted by Gasteiger charge is -2.52. The molecule has 7 nitrogen and oxygen atoms in total. The first kappa shape index (κ1) is 17.3. The molecule has 0 N–H and O–H groups in total. The van der Waals surface area contributed by atoms with Crippen LogP contribution in [0.1, 0.15) is 29.1 Å². The Morgan fingerprint density at radius 1 is 1.42 bits per heavy atom. The van der Waals surface area contributed by atoms with E-state index in [4.69, 9.17) is 9.15 Å². The monoisotopic (exact) mass is 358 g/mol. The third kappa shape index (κ3) is 3.54. The van der Waals surface area contributed by atoms with Crippen molar-refractivity contribution in [1.29, 1.82) is 0 Å². The molecular weight excluding hydrogens is 332 g/mol. The van der Waals surface area contributed by atoms with E-state index in [0.717, 1.165) is 38.3 Å². The Morgan fingerprint density at radius 2 is 2.27 bits per heavy atom. The summed E-state index contributed by atoms with van der Waals surface area (Å²) < 4.78 is 13.3. The highest BCUT2D eigenvalue weighted by atomic mass is 16.5. The summed E-state index contributed by atoms with van der Waals surface area (Å²) in [5.74, 6) is 1.52. The first-order valence-electron chi connectivity index (χ1n) is 9.17. The number of carbonyl (C=O) groups is 1.